The molecule has 0 bridgehead atoms. The highest BCUT2D eigenvalue weighted by atomic mass is 32.2. The monoisotopic (exact) mass is 348 g/mol. The molecule has 1 rings (SSSR count). The van der Waals surface area contributed by atoms with Gasteiger partial charge in [-0.2, -0.15) is 0 Å². The van der Waals surface area contributed by atoms with E-state index in [1.54, 1.807) is 12.1 Å². The molecular weight excluding hydrogens is 324 g/mol. The van der Waals surface area contributed by atoms with Crippen molar-refractivity contribution in [3.63, 3.8) is 0 Å². The van der Waals surface area contributed by atoms with Crippen LogP contribution in [0.1, 0.15) is 32.3 Å². The average Bonchev–Trinajstić information content (AvgIpc) is 2.42. The van der Waals surface area contributed by atoms with Crippen molar-refractivity contribution < 1.29 is 16.8 Å². The quantitative estimate of drug-likeness (QED) is 0.772. The predicted molar refractivity (Wildman–Crippen MR) is 90.2 cm³/mol. The minimum atomic E-state index is -3.48. The third-order valence-electron chi connectivity index (χ3n) is 3.26. The zero-order chi connectivity index (χ0) is 17.0. The Kier molecular flexibility index (Phi) is 6.39. The third kappa shape index (κ3) is 5.58. The second-order valence-corrected chi connectivity index (χ2v) is 9.38. The van der Waals surface area contributed by atoms with Gasteiger partial charge in [-0.25, -0.2) is 21.6 Å². The molecule has 0 saturated heterocycles. The van der Waals surface area contributed by atoms with Gasteiger partial charge in [0.15, 0.2) is 0 Å². The molecule has 6 nitrogen and oxygen atoms in total. The Morgan fingerprint density at radius 2 is 1.64 bits per heavy atom. The second kappa shape index (κ2) is 7.43. The average molecular weight is 348 g/mol. The van der Waals surface area contributed by atoms with Crippen LogP contribution in [-0.2, 0) is 20.0 Å². The molecule has 0 spiro atoms. The lowest BCUT2D eigenvalue weighted by Gasteiger charge is -2.23. The number of rotatable bonds is 8. The van der Waals surface area contributed by atoms with Crippen LogP contribution in [-0.4, -0.2) is 41.9 Å². The molecule has 0 radical (unpaired) electrons. The first kappa shape index (κ1) is 18.9. The Labute approximate surface area is 133 Å². The van der Waals surface area contributed by atoms with Gasteiger partial charge in [0.2, 0.25) is 20.0 Å². The molecule has 22 heavy (non-hydrogen) atoms. The normalized spacial score (nSPS) is 12.6. The summed E-state index contributed by atoms with van der Waals surface area (Å²) < 4.78 is 50.2. The minimum Gasteiger partial charge on any atom is -0.269 e. The summed E-state index contributed by atoms with van der Waals surface area (Å²) >= 11 is 0. The summed E-state index contributed by atoms with van der Waals surface area (Å²) in [5.41, 5.74) is 1.64. The number of hydrogen-bond donors (Lipinski definition) is 1. The van der Waals surface area contributed by atoms with Gasteiger partial charge < -0.3 is 0 Å². The molecule has 0 saturated carbocycles. The summed E-state index contributed by atoms with van der Waals surface area (Å²) in [6, 6.07) is 7.25. The minimum absolute atomic E-state index is 0.0328. The molecule has 0 aliphatic carbocycles. The topological polar surface area (TPSA) is 83.6 Å². The van der Waals surface area contributed by atoms with Gasteiger partial charge in [-0.1, -0.05) is 26.0 Å². The van der Waals surface area contributed by atoms with Crippen molar-refractivity contribution in [1.29, 1.82) is 0 Å². The molecule has 126 valence electrons. The maximum Gasteiger partial charge on any atom is 0.232 e. The molecule has 0 atom stereocenters. The van der Waals surface area contributed by atoms with Crippen LogP contribution in [0.2, 0.25) is 0 Å². The van der Waals surface area contributed by atoms with Crippen LogP contribution in [0.4, 0.5) is 5.69 Å². The molecule has 0 aliphatic heterocycles. The number of benzene rings is 1. The molecule has 0 unspecified atom stereocenters. The van der Waals surface area contributed by atoms with Crippen molar-refractivity contribution in [2.45, 2.75) is 26.7 Å². The maximum absolute atomic E-state index is 11.9. The first-order valence-corrected chi connectivity index (χ1v) is 10.6. The van der Waals surface area contributed by atoms with Crippen LogP contribution in [0.15, 0.2) is 24.3 Å². The standard InChI is InChI=1S/C14H24N2O4S2/c1-5-22(19,20)15-10-11-16(21(4,17)18)14-8-6-13(7-9-14)12(2)3/h6-9,12,15H,5,10-11H2,1-4H3. The fourth-order valence-corrected chi connectivity index (χ4v) is 3.45. The fourth-order valence-electron chi connectivity index (χ4n) is 1.92. The molecule has 0 aliphatic rings. The number of anilines is 1. The molecule has 0 amide bonds. The van der Waals surface area contributed by atoms with E-state index in [0.29, 0.717) is 11.6 Å². The van der Waals surface area contributed by atoms with Crippen molar-refractivity contribution in [2.24, 2.45) is 0 Å². The van der Waals surface area contributed by atoms with Crippen molar-refractivity contribution in [1.82, 2.24) is 4.72 Å². The van der Waals surface area contributed by atoms with E-state index in [-0.39, 0.29) is 18.8 Å². The van der Waals surface area contributed by atoms with E-state index in [0.717, 1.165) is 11.8 Å². The summed E-state index contributed by atoms with van der Waals surface area (Å²) in [6.45, 7) is 5.74. The van der Waals surface area contributed by atoms with Crippen LogP contribution in [0, 0.1) is 0 Å². The van der Waals surface area contributed by atoms with E-state index in [1.165, 1.54) is 11.2 Å². The molecular formula is C14H24N2O4S2. The summed E-state index contributed by atoms with van der Waals surface area (Å²) in [5.74, 6) is 0.326. The van der Waals surface area contributed by atoms with Crippen molar-refractivity contribution in [3.05, 3.63) is 29.8 Å². The summed E-state index contributed by atoms with van der Waals surface area (Å²) in [5, 5.41) is 0. The largest absolute Gasteiger partial charge is 0.269 e. The van der Waals surface area contributed by atoms with Gasteiger partial charge >= 0.3 is 0 Å². The lowest BCUT2D eigenvalue weighted by molar-refractivity contribution is 0.579. The highest BCUT2D eigenvalue weighted by Crippen LogP contribution is 2.21. The highest BCUT2D eigenvalue weighted by Gasteiger charge is 2.18. The van der Waals surface area contributed by atoms with Gasteiger partial charge in [0.05, 0.1) is 17.7 Å². The Morgan fingerprint density at radius 1 is 1.09 bits per heavy atom. The first-order chi connectivity index (χ1) is 10.1. The smallest absolute Gasteiger partial charge is 0.232 e. The predicted octanol–water partition coefficient (Wildman–Crippen LogP) is 1.52. The number of nitrogens with one attached hydrogen (secondary N) is 1. The lowest BCUT2D eigenvalue weighted by Crippen LogP contribution is -2.38. The number of hydrogen-bond acceptors (Lipinski definition) is 4. The van der Waals surface area contributed by atoms with E-state index < -0.39 is 20.0 Å². The summed E-state index contributed by atoms with van der Waals surface area (Å²) in [4.78, 5) is 0. The second-order valence-electron chi connectivity index (χ2n) is 5.38. The van der Waals surface area contributed by atoms with Gasteiger partial charge in [0.1, 0.15) is 0 Å². The maximum atomic E-state index is 11.9. The van der Waals surface area contributed by atoms with E-state index >= 15 is 0 Å². The third-order valence-corrected chi connectivity index (χ3v) is 5.86. The first-order valence-electron chi connectivity index (χ1n) is 7.12. The number of sulfonamides is 2. The van der Waals surface area contributed by atoms with Gasteiger partial charge in [-0.3, -0.25) is 4.31 Å². The lowest BCUT2D eigenvalue weighted by atomic mass is 10.0. The van der Waals surface area contributed by atoms with Gasteiger partial charge in [0, 0.05) is 13.1 Å². The van der Waals surface area contributed by atoms with Gasteiger partial charge in [0.25, 0.3) is 0 Å². The van der Waals surface area contributed by atoms with E-state index in [1.807, 2.05) is 12.1 Å². The molecule has 0 heterocycles. The molecule has 1 aromatic rings. The molecule has 0 fully saturated rings. The van der Waals surface area contributed by atoms with E-state index in [9.17, 15) is 16.8 Å². The van der Waals surface area contributed by atoms with Crippen molar-refractivity contribution >= 4 is 25.7 Å². The van der Waals surface area contributed by atoms with Crippen LogP contribution in [0.25, 0.3) is 0 Å². The van der Waals surface area contributed by atoms with Crippen LogP contribution >= 0.6 is 0 Å². The Morgan fingerprint density at radius 3 is 2.05 bits per heavy atom. The highest BCUT2D eigenvalue weighted by molar-refractivity contribution is 7.92. The summed E-state index contributed by atoms with van der Waals surface area (Å²) in [7, 11) is -6.81. The van der Waals surface area contributed by atoms with Gasteiger partial charge in [-0.05, 0) is 30.5 Å². The zero-order valence-corrected chi connectivity index (χ0v) is 15.0. The Bertz CT molecular complexity index is 680. The van der Waals surface area contributed by atoms with Crippen molar-refractivity contribution in [3.8, 4) is 0 Å². The van der Waals surface area contributed by atoms with Gasteiger partial charge in [-0.15, -0.1) is 0 Å². The number of nitrogens with zero attached hydrogens (tertiary/aromatic N) is 1. The van der Waals surface area contributed by atoms with Crippen LogP contribution < -0.4 is 9.03 Å². The fraction of sp³-hybridized carbons (Fsp3) is 0.571. The van der Waals surface area contributed by atoms with Crippen LogP contribution in [0.3, 0.4) is 0 Å². The van der Waals surface area contributed by atoms with Crippen LogP contribution in [0.5, 0.6) is 0 Å². The molecule has 0 aromatic heterocycles. The van der Waals surface area contributed by atoms with Crippen molar-refractivity contribution in [2.75, 3.05) is 29.4 Å². The van der Waals surface area contributed by atoms with E-state index in [4.69, 9.17) is 0 Å². The molecule has 1 aromatic carbocycles. The Balaban J connectivity index is 2.90. The summed E-state index contributed by atoms with van der Waals surface area (Å²) in [6.07, 6.45) is 1.11. The van der Waals surface area contributed by atoms with E-state index in [2.05, 4.69) is 18.6 Å². The Hall–Kier alpha value is -1.12. The molecule has 1 N–H and O–H groups in total. The molecule has 8 heteroatoms. The SMILES string of the molecule is CCS(=O)(=O)NCCN(c1ccc(C(C)C)cc1)S(C)(=O)=O. The zero-order valence-electron chi connectivity index (χ0n) is 13.4.